The second kappa shape index (κ2) is 8.78. The number of nitriles is 1. The summed E-state index contributed by atoms with van der Waals surface area (Å²) in [4.78, 5) is 38.6. The number of nitrogens with zero attached hydrogens (tertiary/aromatic N) is 4. The van der Waals surface area contributed by atoms with E-state index in [4.69, 9.17) is 5.26 Å². The van der Waals surface area contributed by atoms with Gasteiger partial charge in [0.05, 0.1) is 17.8 Å². The highest BCUT2D eigenvalue weighted by Crippen LogP contribution is 2.24. The second-order valence-corrected chi connectivity index (χ2v) is 8.54. The van der Waals surface area contributed by atoms with Crippen LogP contribution >= 0.6 is 0 Å². The van der Waals surface area contributed by atoms with Crippen molar-refractivity contribution in [1.29, 1.82) is 5.26 Å². The molecule has 1 fully saturated rings. The minimum atomic E-state index is -0.785. The number of benzene rings is 1. The van der Waals surface area contributed by atoms with Crippen LogP contribution in [0.5, 0.6) is 5.88 Å². The van der Waals surface area contributed by atoms with E-state index >= 15 is 0 Å². The highest BCUT2D eigenvalue weighted by molar-refractivity contribution is 6.01. The van der Waals surface area contributed by atoms with Crippen molar-refractivity contribution in [2.24, 2.45) is 5.92 Å². The summed E-state index contributed by atoms with van der Waals surface area (Å²) in [6.07, 6.45) is 2.92. The first-order valence-corrected chi connectivity index (χ1v) is 10.7. The standard InChI is InChI=1S/C23H24N6O4/c1-13(2)12-28-21-17(19(30)25-10-15-5-3-14(9-24)4-6-15)11-26-29(21)23(33)18(22(28)32)20(31)27-16-7-8-16/h3-6,11,13,16,32H,7-8,10,12H2,1-2H3,(H,25,30)(H,27,31). The summed E-state index contributed by atoms with van der Waals surface area (Å²) >= 11 is 0. The van der Waals surface area contributed by atoms with Crippen LogP contribution < -0.4 is 16.2 Å². The molecule has 0 spiro atoms. The van der Waals surface area contributed by atoms with Crippen LogP contribution in [0.4, 0.5) is 0 Å². The predicted octanol–water partition coefficient (Wildman–Crippen LogP) is 1.55. The summed E-state index contributed by atoms with van der Waals surface area (Å²) < 4.78 is 2.37. The first kappa shape index (κ1) is 22.1. The van der Waals surface area contributed by atoms with Crippen molar-refractivity contribution in [2.45, 2.75) is 45.8 Å². The monoisotopic (exact) mass is 448 g/mol. The van der Waals surface area contributed by atoms with Gasteiger partial charge in [0.1, 0.15) is 5.56 Å². The lowest BCUT2D eigenvalue weighted by Gasteiger charge is -2.17. The third-order valence-corrected chi connectivity index (χ3v) is 5.35. The molecule has 0 unspecified atom stereocenters. The number of aromatic nitrogens is 3. The molecule has 1 saturated carbocycles. The molecule has 0 saturated heterocycles. The highest BCUT2D eigenvalue weighted by atomic mass is 16.3. The van der Waals surface area contributed by atoms with Crippen LogP contribution in [-0.4, -0.2) is 37.1 Å². The maximum atomic E-state index is 13.0. The van der Waals surface area contributed by atoms with Crippen LogP contribution in [0.25, 0.3) is 5.65 Å². The van der Waals surface area contributed by atoms with Crippen LogP contribution in [0.3, 0.4) is 0 Å². The Hall–Kier alpha value is -4.13. The summed E-state index contributed by atoms with van der Waals surface area (Å²) in [5, 5.41) is 29.4. The molecule has 1 aromatic carbocycles. The van der Waals surface area contributed by atoms with Crippen molar-refractivity contribution in [2.75, 3.05) is 0 Å². The average molecular weight is 448 g/mol. The molecule has 3 N–H and O–H groups in total. The van der Waals surface area contributed by atoms with Gasteiger partial charge in [-0.25, -0.2) is 0 Å². The topological polar surface area (TPSA) is 142 Å². The summed E-state index contributed by atoms with van der Waals surface area (Å²) in [5.41, 5.74) is 0.356. The maximum Gasteiger partial charge on any atom is 0.291 e. The Morgan fingerprint density at radius 1 is 1.24 bits per heavy atom. The third-order valence-electron chi connectivity index (χ3n) is 5.35. The first-order valence-electron chi connectivity index (χ1n) is 10.7. The molecule has 170 valence electrons. The lowest BCUT2D eigenvalue weighted by molar-refractivity contribution is 0.0940. The number of carbonyl (C=O) groups excluding carboxylic acids is 2. The zero-order chi connectivity index (χ0) is 23.7. The van der Waals surface area contributed by atoms with E-state index in [1.54, 1.807) is 24.3 Å². The van der Waals surface area contributed by atoms with E-state index < -0.39 is 23.3 Å². The third kappa shape index (κ3) is 4.43. The normalized spacial score (nSPS) is 13.2. The van der Waals surface area contributed by atoms with Gasteiger partial charge in [0, 0.05) is 19.1 Å². The van der Waals surface area contributed by atoms with Crippen molar-refractivity contribution in [3.05, 3.63) is 63.1 Å². The molecule has 0 atom stereocenters. The lowest BCUT2D eigenvalue weighted by Crippen LogP contribution is -2.35. The number of hydrogen-bond acceptors (Lipinski definition) is 6. The summed E-state index contributed by atoms with van der Waals surface area (Å²) in [6, 6.07) is 8.83. The maximum absolute atomic E-state index is 13.0. The van der Waals surface area contributed by atoms with Gasteiger partial charge in [0.2, 0.25) is 5.88 Å². The van der Waals surface area contributed by atoms with Crippen molar-refractivity contribution >= 4 is 17.5 Å². The zero-order valence-electron chi connectivity index (χ0n) is 18.3. The van der Waals surface area contributed by atoms with Crippen molar-refractivity contribution in [3.8, 4) is 11.9 Å². The molecule has 4 rings (SSSR count). The van der Waals surface area contributed by atoms with E-state index in [0.717, 1.165) is 22.9 Å². The fourth-order valence-electron chi connectivity index (χ4n) is 3.54. The number of amides is 2. The van der Waals surface area contributed by atoms with Crippen LogP contribution in [-0.2, 0) is 13.1 Å². The van der Waals surface area contributed by atoms with Gasteiger partial charge < -0.3 is 15.7 Å². The number of hydrogen-bond donors (Lipinski definition) is 3. The van der Waals surface area contributed by atoms with E-state index in [2.05, 4.69) is 15.7 Å². The van der Waals surface area contributed by atoms with Gasteiger partial charge in [-0.05, 0) is 36.5 Å². The Morgan fingerprint density at radius 3 is 2.55 bits per heavy atom. The first-order chi connectivity index (χ1) is 15.8. The number of fused-ring (bicyclic) bond motifs is 1. The van der Waals surface area contributed by atoms with E-state index in [9.17, 15) is 19.5 Å². The predicted molar refractivity (Wildman–Crippen MR) is 119 cm³/mol. The van der Waals surface area contributed by atoms with Crippen molar-refractivity contribution < 1.29 is 14.7 Å². The Morgan fingerprint density at radius 2 is 1.94 bits per heavy atom. The number of carbonyl (C=O) groups is 2. The zero-order valence-corrected chi connectivity index (χ0v) is 18.3. The van der Waals surface area contributed by atoms with Gasteiger partial charge in [-0.2, -0.15) is 14.9 Å². The molecule has 10 nitrogen and oxygen atoms in total. The molecule has 2 heterocycles. The minimum absolute atomic E-state index is 0.00623. The molecule has 2 amide bonds. The van der Waals surface area contributed by atoms with E-state index in [1.807, 2.05) is 19.9 Å². The average Bonchev–Trinajstić information content (AvgIpc) is 3.48. The fraction of sp³-hybridized carbons (Fsp3) is 0.348. The summed E-state index contributed by atoms with van der Waals surface area (Å²) in [5.74, 6) is -1.57. The SMILES string of the molecule is CC(C)Cn1c(O)c(C(=O)NC2CC2)c(=O)n2ncc(C(=O)NCc3ccc(C#N)cc3)c12. The van der Waals surface area contributed by atoms with Gasteiger partial charge in [-0.3, -0.25) is 19.0 Å². The van der Waals surface area contributed by atoms with E-state index in [0.29, 0.717) is 5.56 Å². The second-order valence-electron chi connectivity index (χ2n) is 8.54. The lowest BCUT2D eigenvalue weighted by atomic mass is 10.1. The van der Waals surface area contributed by atoms with Crippen LogP contribution in [0, 0.1) is 17.2 Å². The van der Waals surface area contributed by atoms with Crippen LogP contribution in [0.1, 0.15) is 58.5 Å². The molecule has 2 aromatic heterocycles. The van der Waals surface area contributed by atoms with Crippen LogP contribution in [0.2, 0.25) is 0 Å². The molecule has 1 aliphatic rings. The van der Waals surface area contributed by atoms with Gasteiger partial charge in [-0.1, -0.05) is 26.0 Å². The smallest absolute Gasteiger partial charge is 0.291 e. The van der Waals surface area contributed by atoms with Gasteiger partial charge >= 0.3 is 0 Å². The Balaban J connectivity index is 1.71. The van der Waals surface area contributed by atoms with Gasteiger partial charge in [-0.15, -0.1) is 0 Å². The van der Waals surface area contributed by atoms with Crippen molar-refractivity contribution in [1.82, 2.24) is 24.8 Å². The molecule has 33 heavy (non-hydrogen) atoms. The molecular formula is C23H24N6O4. The molecule has 0 aliphatic heterocycles. The van der Waals surface area contributed by atoms with Crippen LogP contribution in [0.15, 0.2) is 35.3 Å². The molecule has 0 bridgehead atoms. The fourth-order valence-corrected chi connectivity index (χ4v) is 3.54. The minimum Gasteiger partial charge on any atom is -0.494 e. The molecule has 3 aromatic rings. The summed E-state index contributed by atoms with van der Waals surface area (Å²) in [6.45, 7) is 4.29. The summed E-state index contributed by atoms with van der Waals surface area (Å²) in [7, 11) is 0. The van der Waals surface area contributed by atoms with E-state index in [-0.39, 0.29) is 41.8 Å². The van der Waals surface area contributed by atoms with Gasteiger partial charge in [0.25, 0.3) is 17.4 Å². The van der Waals surface area contributed by atoms with Crippen molar-refractivity contribution in [3.63, 3.8) is 0 Å². The highest BCUT2D eigenvalue weighted by Gasteiger charge is 2.30. The molecule has 1 aliphatic carbocycles. The quantitative estimate of drug-likeness (QED) is 0.501. The number of rotatable bonds is 7. The van der Waals surface area contributed by atoms with Gasteiger partial charge in [0.15, 0.2) is 11.2 Å². The molecular weight excluding hydrogens is 424 g/mol. The number of aromatic hydroxyl groups is 1. The number of nitrogens with one attached hydrogen (secondary N) is 2. The Labute approximate surface area is 189 Å². The van der Waals surface area contributed by atoms with E-state index in [1.165, 1.54) is 10.8 Å². The molecule has 10 heteroatoms. The Kier molecular flexibility index (Phi) is 5.87. The Bertz CT molecular complexity index is 1330. The largest absolute Gasteiger partial charge is 0.494 e. The molecule has 0 radical (unpaired) electrons.